The van der Waals surface area contributed by atoms with Gasteiger partial charge in [-0.25, -0.2) is 0 Å². The Kier molecular flexibility index (Phi) is 4.42. The van der Waals surface area contributed by atoms with E-state index in [4.69, 9.17) is 0 Å². The number of benzene rings is 1. The van der Waals surface area contributed by atoms with Crippen LogP contribution in [-0.4, -0.2) is 19.7 Å². The number of rotatable bonds is 4. The van der Waals surface area contributed by atoms with Gasteiger partial charge in [-0.3, -0.25) is 4.79 Å². The van der Waals surface area contributed by atoms with Crippen LogP contribution in [0.3, 0.4) is 0 Å². The van der Waals surface area contributed by atoms with Crippen LogP contribution in [0.2, 0.25) is 0 Å². The Morgan fingerprint density at radius 3 is 2.77 bits per heavy atom. The zero-order valence-corrected chi connectivity index (χ0v) is 16.4. The normalized spacial score (nSPS) is 11.3. The number of thioether (sulfide) groups is 1. The molecule has 1 aromatic carbocycles. The van der Waals surface area contributed by atoms with E-state index in [2.05, 4.69) is 15.2 Å². The van der Waals surface area contributed by atoms with E-state index >= 15 is 0 Å². The molecule has 0 aliphatic heterocycles. The third-order valence-corrected chi connectivity index (χ3v) is 6.33. The fraction of sp³-hybridized carbons (Fsp3) is 0.211. The smallest absolute Gasteiger partial charge is 0.191 e. The molecule has 0 atom stereocenters. The molecule has 0 amide bonds. The summed E-state index contributed by atoms with van der Waals surface area (Å²) in [5, 5.41) is 12.2. The fourth-order valence-electron chi connectivity index (χ4n) is 3.00. The molecule has 3 aromatic heterocycles. The zero-order valence-electron chi connectivity index (χ0n) is 14.7. The van der Waals surface area contributed by atoms with Gasteiger partial charge in [-0.1, -0.05) is 30.0 Å². The van der Waals surface area contributed by atoms with Crippen LogP contribution in [0.1, 0.15) is 16.8 Å². The van der Waals surface area contributed by atoms with Gasteiger partial charge in [-0.15, -0.1) is 21.5 Å². The van der Waals surface area contributed by atoms with Crippen molar-refractivity contribution in [3.63, 3.8) is 0 Å². The largest absolute Gasteiger partial charge is 0.357 e. The third-order valence-electron chi connectivity index (χ3n) is 4.39. The van der Waals surface area contributed by atoms with Crippen LogP contribution in [0.15, 0.2) is 45.7 Å². The predicted molar refractivity (Wildman–Crippen MR) is 108 cm³/mol. The number of hydrogen-bond acceptors (Lipinski definition) is 5. The van der Waals surface area contributed by atoms with E-state index in [1.165, 1.54) is 0 Å². The van der Waals surface area contributed by atoms with Crippen LogP contribution in [0.4, 0.5) is 0 Å². The van der Waals surface area contributed by atoms with Gasteiger partial charge in [0, 0.05) is 29.9 Å². The van der Waals surface area contributed by atoms with Gasteiger partial charge in [0.05, 0.1) is 10.4 Å². The maximum absolute atomic E-state index is 12.5. The van der Waals surface area contributed by atoms with Gasteiger partial charge in [0.2, 0.25) is 0 Å². The number of nitrogens with one attached hydrogen (secondary N) is 1. The average Bonchev–Trinajstić information content (AvgIpc) is 3.26. The van der Waals surface area contributed by atoms with Crippen LogP contribution in [0.25, 0.3) is 21.6 Å². The van der Waals surface area contributed by atoms with Gasteiger partial charge in [-0.05, 0) is 36.4 Å². The number of hydrogen-bond donors (Lipinski definition) is 1. The van der Waals surface area contributed by atoms with E-state index in [9.17, 15) is 4.79 Å². The Morgan fingerprint density at radius 1 is 1.19 bits per heavy atom. The molecule has 0 bridgehead atoms. The molecule has 26 heavy (non-hydrogen) atoms. The van der Waals surface area contributed by atoms with Crippen LogP contribution < -0.4 is 5.43 Å². The first-order chi connectivity index (χ1) is 12.5. The molecule has 1 N–H and O–H groups in total. The number of pyridine rings is 1. The lowest BCUT2D eigenvalue weighted by Gasteiger charge is -2.08. The highest BCUT2D eigenvalue weighted by molar-refractivity contribution is 7.98. The Labute approximate surface area is 159 Å². The average molecular weight is 383 g/mol. The minimum atomic E-state index is 0.0628. The van der Waals surface area contributed by atoms with Gasteiger partial charge in [0.15, 0.2) is 16.4 Å². The van der Waals surface area contributed by atoms with Crippen molar-refractivity contribution in [1.29, 1.82) is 0 Å². The number of nitrogens with zero attached hydrogens (tertiary/aromatic N) is 3. The van der Waals surface area contributed by atoms with Crippen molar-refractivity contribution >= 4 is 34.0 Å². The highest BCUT2D eigenvalue weighted by Crippen LogP contribution is 2.27. The minimum absolute atomic E-state index is 0.0628. The van der Waals surface area contributed by atoms with E-state index in [1.54, 1.807) is 29.2 Å². The second-order valence-electron chi connectivity index (χ2n) is 6.24. The highest BCUT2D eigenvalue weighted by Gasteiger charge is 2.13. The monoisotopic (exact) mass is 382 g/mol. The van der Waals surface area contributed by atoms with Crippen molar-refractivity contribution in [2.45, 2.75) is 24.8 Å². The van der Waals surface area contributed by atoms with Gasteiger partial charge in [0.25, 0.3) is 0 Å². The number of aryl methyl sites for hydroxylation is 2. The Balaban J connectivity index is 1.63. The fourth-order valence-corrected chi connectivity index (χ4v) is 4.56. The molecule has 0 aliphatic rings. The van der Waals surface area contributed by atoms with Crippen molar-refractivity contribution < 1.29 is 0 Å². The van der Waals surface area contributed by atoms with Crippen molar-refractivity contribution in [3.8, 4) is 10.7 Å². The Hall–Kier alpha value is -2.38. The van der Waals surface area contributed by atoms with Crippen LogP contribution in [0.5, 0.6) is 0 Å². The van der Waals surface area contributed by atoms with E-state index in [-0.39, 0.29) is 5.43 Å². The maximum Gasteiger partial charge on any atom is 0.191 e. The third kappa shape index (κ3) is 2.97. The molecule has 0 aliphatic carbocycles. The topological polar surface area (TPSA) is 63.6 Å². The number of fused-ring (bicyclic) bond motifs is 1. The number of aromatic amines is 1. The second kappa shape index (κ2) is 6.74. The molecular weight excluding hydrogens is 364 g/mol. The van der Waals surface area contributed by atoms with Crippen molar-refractivity contribution in [2.75, 3.05) is 0 Å². The minimum Gasteiger partial charge on any atom is -0.357 e. The molecule has 4 aromatic rings. The molecule has 0 spiro atoms. The number of H-pyrrole nitrogens is 1. The molecule has 132 valence electrons. The molecule has 7 heteroatoms. The summed E-state index contributed by atoms with van der Waals surface area (Å²) in [5.74, 6) is 1.50. The standard InChI is InChI=1S/C19H18N4OS2/c1-11-6-7-12(2)17-16(11)14(24)9-13(20-17)10-26-19-22-21-18(23(19)3)15-5-4-8-25-15/h4-9H,10H2,1-3H3,(H,20,24). The van der Waals surface area contributed by atoms with E-state index in [0.717, 1.165) is 43.6 Å². The van der Waals surface area contributed by atoms with Gasteiger partial charge in [-0.2, -0.15) is 0 Å². The van der Waals surface area contributed by atoms with Gasteiger partial charge in [0.1, 0.15) is 0 Å². The van der Waals surface area contributed by atoms with Crippen molar-refractivity contribution in [3.05, 3.63) is 62.8 Å². The maximum atomic E-state index is 12.5. The molecular formula is C19H18N4OS2. The van der Waals surface area contributed by atoms with Crippen LogP contribution in [0, 0.1) is 13.8 Å². The summed E-state index contributed by atoms with van der Waals surface area (Å²) in [6.45, 7) is 3.99. The summed E-state index contributed by atoms with van der Waals surface area (Å²) < 4.78 is 1.99. The molecule has 0 fully saturated rings. The second-order valence-corrected chi connectivity index (χ2v) is 8.13. The molecule has 5 nitrogen and oxygen atoms in total. The summed E-state index contributed by atoms with van der Waals surface area (Å²) in [6, 6.07) is 9.77. The number of aromatic nitrogens is 4. The van der Waals surface area contributed by atoms with Crippen LogP contribution in [-0.2, 0) is 12.8 Å². The summed E-state index contributed by atoms with van der Waals surface area (Å²) >= 11 is 3.21. The first-order valence-electron chi connectivity index (χ1n) is 8.23. The lowest BCUT2D eigenvalue weighted by atomic mass is 10.0. The lowest BCUT2D eigenvalue weighted by molar-refractivity contribution is 0.794. The first kappa shape index (κ1) is 17.1. The Bertz CT molecular complexity index is 1140. The summed E-state index contributed by atoms with van der Waals surface area (Å²) in [4.78, 5) is 17.1. The van der Waals surface area contributed by atoms with Crippen molar-refractivity contribution in [2.24, 2.45) is 7.05 Å². The summed E-state index contributed by atoms with van der Waals surface area (Å²) in [7, 11) is 1.97. The summed E-state index contributed by atoms with van der Waals surface area (Å²) in [6.07, 6.45) is 0. The Morgan fingerprint density at radius 2 is 2.00 bits per heavy atom. The lowest BCUT2D eigenvalue weighted by Crippen LogP contribution is -2.07. The molecule has 3 heterocycles. The van der Waals surface area contributed by atoms with Gasteiger partial charge >= 0.3 is 0 Å². The highest BCUT2D eigenvalue weighted by atomic mass is 32.2. The van der Waals surface area contributed by atoms with E-state index in [0.29, 0.717) is 5.75 Å². The molecule has 0 saturated heterocycles. The van der Waals surface area contributed by atoms with E-state index < -0.39 is 0 Å². The molecule has 4 rings (SSSR count). The van der Waals surface area contributed by atoms with Crippen LogP contribution >= 0.6 is 23.1 Å². The first-order valence-corrected chi connectivity index (χ1v) is 10.1. The SMILES string of the molecule is Cc1ccc(C)c2c(=O)cc(CSc3nnc(-c4cccs4)n3C)[nH]c12. The van der Waals surface area contributed by atoms with Crippen molar-refractivity contribution in [1.82, 2.24) is 19.7 Å². The zero-order chi connectivity index (χ0) is 18.3. The predicted octanol–water partition coefficient (Wildman–Crippen LogP) is 4.29. The molecule has 0 unspecified atom stereocenters. The van der Waals surface area contributed by atoms with E-state index in [1.807, 2.05) is 55.1 Å². The quantitative estimate of drug-likeness (QED) is 0.535. The molecule has 0 saturated carbocycles. The molecule has 0 radical (unpaired) electrons. The number of thiophene rings is 1. The van der Waals surface area contributed by atoms with Gasteiger partial charge < -0.3 is 9.55 Å². The summed E-state index contributed by atoms with van der Waals surface area (Å²) in [5.41, 5.74) is 3.95.